The number of nitrogens with zero attached hydrogens (tertiary/aromatic N) is 1. The van der Waals surface area contributed by atoms with Crippen molar-refractivity contribution in [2.24, 2.45) is 10.7 Å². The number of aryl methyl sites for hydroxylation is 1. The van der Waals surface area contributed by atoms with Crippen LogP contribution in [0.25, 0.3) is 10.9 Å². The first-order valence-electron chi connectivity index (χ1n) is 8.38. The zero-order valence-electron chi connectivity index (χ0n) is 14.5. The van der Waals surface area contributed by atoms with E-state index in [0.29, 0.717) is 12.5 Å². The van der Waals surface area contributed by atoms with Crippen LogP contribution in [0.4, 0.5) is 0 Å². The van der Waals surface area contributed by atoms with Gasteiger partial charge in [-0.3, -0.25) is 4.99 Å². The van der Waals surface area contributed by atoms with Crippen LogP contribution in [0, 0.1) is 6.92 Å². The summed E-state index contributed by atoms with van der Waals surface area (Å²) in [5, 5.41) is 4.46. The zero-order chi connectivity index (χ0) is 16.8. The van der Waals surface area contributed by atoms with Crippen molar-refractivity contribution in [3.8, 4) is 0 Å². The monoisotopic (exact) mass is 448 g/mol. The summed E-state index contributed by atoms with van der Waals surface area (Å²) in [5.74, 6) is 0.517. The number of aromatic amines is 1. The van der Waals surface area contributed by atoms with Crippen molar-refractivity contribution >= 4 is 40.8 Å². The van der Waals surface area contributed by atoms with E-state index in [9.17, 15) is 0 Å². The van der Waals surface area contributed by atoms with Crippen molar-refractivity contribution in [1.29, 1.82) is 0 Å². The van der Waals surface area contributed by atoms with Gasteiger partial charge in [-0.05, 0) is 37.0 Å². The first-order valence-corrected chi connectivity index (χ1v) is 8.38. The maximum absolute atomic E-state index is 5.96. The average Bonchev–Trinajstić information content (AvgIpc) is 2.92. The molecule has 0 saturated carbocycles. The standard InChI is InChI=1S/C20H24N4.HI/c1-15-17(18-9-5-6-10-19(18)24-15)12-14-23-20(21)22-13-11-16-7-3-2-4-8-16;/h2-10,24H,11-14H2,1H3,(H3,21,22,23);1H. The molecule has 2 aromatic carbocycles. The molecule has 3 rings (SSSR count). The number of fused-ring (bicyclic) bond motifs is 1. The highest BCUT2D eigenvalue weighted by atomic mass is 127. The lowest BCUT2D eigenvalue weighted by molar-refractivity contribution is 0.843. The molecule has 1 aromatic heterocycles. The summed E-state index contributed by atoms with van der Waals surface area (Å²) in [6, 6.07) is 18.8. The molecule has 0 aliphatic rings. The molecule has 0 amide bonds. The number of guanidine groups is 1. The first-order chi connectivity index (χ1) is 11.7. The van der Waals surface area contributed by atoms with Crippen LogP contribution in [-0.2, 0) is 12.8 Å². The Bertz CT molecular complexity index is 824. The first kappa shape index (κ1) is 19.3. The van der Waals surface area contributed by atoms with Crippen molar-refractivity contribution in [1.82, 2.24) is 10.3 Å². The molecule has 0 aliphatic heterocycles. The number of rotatable bonds is 6. The third kappa shape index (κ3) is 5.22. The summed E-state index contributed by atoms with van der Waals surface area (Å²) in [6.45, 7) is 3.60. The molecule has 0 unspecified atom stereocenters. The second-order valence-corrected chi connectivity index (χ2v) is 5.95. The fourth-order valence-electron chi connectivity index (χ4n) is 2.98. The lowest BCUT2D eigenvalue weighted by atomic mass is 10.1. The number of nitrogens with two attached hydrogens (primary N) is 1. The van der Waals surface area contributed by atoms with Gasteiger partial charge >= 0.3 is 0 Å². The molecular weight excluding hydrogens is 423 g/mol. The Morgan fingerprint density at radius 1 is 1.04 bits per heavy atom. The SMILES string of the molecule is Cc1[nH]c2ccccc2c1CCN=C(N)NCCc1ccccc1.I. The lowest BCUT2D eigenvalue weighted by Crippen LogP contribution is -2.33. The molecule has 0 spiro atoms. The van der Waals surface area contributed by atoms with Crippen LogP contribution in [0.1, 0.15) is 16.8 Å². The highest BCUT2D eigenvalue weighted by molar-refractivity contribution is 14.0. The van der Waals surface area contributed by atoms with E-state index in [-0.39, 0.29) is 24.0 Å². The van der Waals surface area contributed by atoms with Crippen LogP contribution in [0.2, 0.25) is 0 Å². The van der Waals surface area contributed by atoms with Gasteiger partial charge in [0.2, 0.25) is 0 Å². The van der Waals surface area contributed by atoms with Crippen molar-refractivity contribution in [2.75, 3.05) is 13.1 Å². The van der Waals surface area contributed by atoms with Gasteiger partial charge in [-0.2, -0.15) is 0 Å². The molecule has 0 radical (unpaired) electrons. The van der Waals surface area contributed by atoms with Crippen LogP contribution in [0.3, 0.4) is 0 Å². The van der Waals surface area contributed by atoms with Crippen molar-refractivity contribution in [3.05, 3.63) is 71.4 Å². The number of nitrogens with one attached hydrogen (secondary N) is 2. The van der Waals surface area contributed by atoms with Gasteiger partial charge in [-0.15, -0.1) is 24.0 Å². The average molecular weight is 448 g/mol. The van der Waals surface area contributed by atoms with Gasteiger partial charge in [0, 0.05) is 29.7 Å². The molecule has 4 N–H and O–H groups in total. The third-order valence-corrected chi connectivity index (χ3v) is 4.23. The topological polar surface area (TPSA) is 66.2 Å². The molecule has 4 nitrogen and oxygen atoms in total. The molecule has 0 aliphatic carbocycles. The highest BCUT2D eigenvalue weighted by Crippen LogP contribution is 2.22. The van der Waals surface area contributed by atoms with Gasteiger partial charge in [-0.25, -0.2) is 0 Å². The van der Waals surface area contributed by atoms with E-state index < -0.39 is 0 Å². The summed E-state index contributed by atoms with van der Waals surface area (Å²) in [5.41, 5.74) is 11.0. The molecule has 3 aromatic rings. The maximum atomic E-state index is 5.96. The molecule has 5 heteroatoms. The number of aliphatic imine (C=N–C) groups is 1. The van der Waals surface area contributed by atoms with E-state index in [4.69, 9.17) is 5.73 Å². The van der Waals surface area contributed by atoms with Crippen LogP contribution in [-0.4, -0.2) is 24.0 Å². The minimum Gasteiger partial charge on any atom is -0.370 e. The zero-order valence-corrected chi connectivity index (χ0v) is 16.8. The van der Waals surface area contributed by atoms with Crippen LogP contribution < -0.4 is 11.1 Å². The van der Waals surface area contributed by atoms with Crippen LogP contribution in [0.15, 0.2) is 59.6 Å². The highest BCUT2D eigenvalue weighted by Gasteiger charge is 2.06. The fourth-order valence-corrected chi connectivity index (χ4v) is 2.98. The van der Waals surface area contributed by atoms with Crippen LogP contribution in [0.5, 0.6) is 0 Å². The molecule has 0 atom stereocenters. The number of benzene rings is 2. The molecule has 1 heterocycles. The molecule has 0 fully saturated rings. The number of hydrogen-bond donors (Lipinski definition) is 3. The van der Waals surface area contributed by atoms with Gasteiger partial charge in [0.15, 0.2) is 5.96 Å². The summed E-state index contributed by atoms with van der Waals surface area (Å²) in [7, 11) is 0. The van der Waals surface area contributed by atoms with E-state index in [1.807, 2.05) is 6.07 Å². The molecule has 0 saturated heterocycles. The van der Waals surface area contributed by atoms with E-state index in [2.05, 4.69) is 70.7 Å². The van der Waals surface area contributed by atoms with Crippen molar-refractivity contribution in [3.63, 3.8) is 0 Å². The Hall–Kier alpha value is -2.02. The number of aromatic nitrogens is 1. The molecule has 132 valence electrons. The fraction of sp³-hybridized carbons (Fsp3) is 0.250. The van der Waals surface area contributed by atoms with Crippen molar-refractivity contribution < 1.29 is 0 Å². The minimum atomic E-state index is 0. The summed E-state index contributed by atoms with van der Waals surface area (Å²) < 4.78 is 0. The predicted molar refractivity (Wildman–Crippen MR) is 117 cm³/mol. The largest absolute Gasteiger partial charge is 0.370 e. The Balaban J connectivity index is 0.00000225. The van der Waals surface area contributed by atoms with E-state index in [0.717, 1.165) is 19.4 Å². The third-order valence-electron chi connectivity index (χ3n) is 4.23. The smallest absolute Gasteiger partial charge is 0.188 e. The quantitative estimate of drug-likeness (QED) is 0.305. The van der Waals surface area contributed by atoms with Crippen LogP contribution >= 0.6 is 24.0 Å². The summed E-state index contributed by atoms with van der Waals surface area (Å²) in [6.07, 6.45) is 1.83. The Labute approximate surface area is 165 Å². The Morgan fingerprint density at radius 2 is 1.76 bits per heavy atom. The molecular formula is C20H25IN4. The second-order valence-electron chi connectivity index (χ2n) is 5.95. The lowest BCUT2D eigenvalue weighted by Gasteiger charge is -2.06. The van der Waals surface area contributed by atoms with E-state index >= 15 is 0 Å². The number of H-pyrrole nitrogens is 1. The number of hydrogen-bond acceptors (Lipinski definition) is 1. The van der Waals surface area contributed by atoms with Gasteiger partial charge < -0.3 is 16.0 Å². The summed E-state index contributed by atoms with van der Waals surface area (Å²) in [4.78, 5) is 7.87. The van der Waals surface area contributed by atoms with E-state index in [1.165, 1.54) is 27.7 Å². The van der Waals surface area contributed by atoms with Gasteiger partial charge in [0.05, 0.1) is 0 Å². The van der Waals surface area contributed by atoms with Gasteiger partial charge in [-0.1, -0.05) is 48.5 Å². The molecule has 25 heavy (non-hydrogen) atoms. The Kier molecular flexibility index (Phi) is 7.31. The normalized spacial score (nSPS) is 11.3. The maximum Gasteiger partial charge on any atom is 0.188 e. The summed E-state index contributed by atoms with van der Waals surface area (Å²) >= 11 is 0. The second kappa shape index (κ2) is 9.46. The number of para-hydroxylation sites is 1. The Morgan fingerprint density at radius 3 is 2.56 bits per heavy atom. The van der Waals surface area contributed by atoms with Gasteiger partial charge in [0.25, 0.3) is 0 Å². The van der Waals surface area contributed by atoms with E-state index in [1.54, 1.807) is 0 Å². The van der Waals surface area contributed by atoms with Crippen molar-refractivity contribution in [2.45, 2.75) is 19.8 Å². The minimum absolute atomic E-state index is 0. The molecule has 0 bridgehead atoms. The number of halogens is 1. The predicted octanol–water partition coefficient (Wildman–Crippen LogP) is 3.78. The van der Waals surface area contributed by atoms with Gasteiger partial charge in [0.1, 0.15) is 0 Å².